The van der Waals surface area contributed by atoms with E-state index in [1.807, 2.05) is 37.6 Å². The molecule has 0 unspecified atom stereocenters. The Kier molecular flexibility index (Phi) is 7.45. The lowest BCUT2D eigenvalue weighted by Crippen LogP contribution is -2.50. The minimum atomic E-state index is -3.55. The first-order chi connectivity index (χ1) is 15.0. The maximum atomic E-state index is 13.1. The van der Waals surface area contributed by atoms with Crippen molar-refractivity contribution in [3.63, 3.8) is 0 Å². The molecule has 32 heavy (non-hydrogen) atoms. The van der Waals surface area contributed by atoms with Crippen LogP contribution in [0.2, 0.25) is 0 Å². The van der Waals surface area contributed by atoms with Gasteiger partial charge in [0.15, 0.2) is 0 Å². The van der Waals surface area contributed by atoms with Crippen LogP contribution in [0.15, 0.2) is 23.1 Å². The Morgan fingerprint density at radius 1 is 1.06 bits per heavy atom. The molecule has 0 N–H and O–H groups in total. The quantitative estimate of drug-likeness (QED) is 0.636. The summed E-state index contributed by atoms with van der Waals surface area (Å²) in [5.74, 6) is 0.586. The topological polar surface area (TPSA) is 75.5 Å². The Hall–Kier alpha value is -2.19. The molecule has 1 fully saturated rings. The average molecular weight is 461 g/mol. The first kappa shape index (κ1) is 24.5. The van der Waals surface area contributed by atoms with Gasteiger partial charge in [0, 0.05) is 44.8 Å². The monoisotopic (exact) mass is 460 g/mol. The van der Waals surface area contributed by atoms with Gasteiger partial charge in [-0.3, -0.25) is 9.48 Å². The van der Waals surface area contributed by atoms with Gasteiger partial charge in [-0.2, -0.15) is 9.40 Å². The molecule has 3 rings (SSSR count). The molecule has 0 aliphatic carbocycles. The van der Waals surface area contributed by atoms with E-state index < -0.39 is 10.0 Å². The number of carbonyl (C=O) groups excluding carboxylic acids is 1. The Bertz CT molecular complexity index is 1080. The number of sulfonamides is 1. The van der Waals surface area contributed by atoms with Crippen LogP contribution in [0.5, 0.6) is 0 Å². The van der Waals surface area contributed by atoms with Gasteiger partial charge in [0.2, 0.25) is 15.9 Å². The number of carbonyl (C=O) groups is 1. The van der Waals surface area contributed by atoms with Crippen molar-refractivity contribution in [1.29, 1.82) is 0 Å². The van der Waals surface area contributed by atoms with Crippen LogP contribution in [-0.2, 0) is 27.8 Å². The van der Waals surface area contributed by atoms with Crippen molar-refractivity contribution in [2.45, 2.75) is 65.8 Å². The molecule has 0 saturated carbocycles. The number of aromatic nitrogens is 2. The summed E-state index contributed by atoms with van der Waals surface area (Å²) in [4.78, 5) is 15.0. The van der Waals surface area contributed by atoms with Gasteiger partial charge in [-0.1, -0.05) is 26.0 Å². The van der Waals surface area contributed by atoms with E-state index in [9.17, 15) is 13.2 Å². The summed E-state index contributed by atoms with van der Waals surface area (Å²) < 4.78 is 29.8. The third-order valence-corrected chi connectivity index (χ3v) is 8.25. The van der Waals surface area contributed by atoms with Gasteiger partial charge in [-0.15, -0.1) is 0 Å². The minimum absolute atomic E-state index is 0.0733. The molecule has 0 spiro atoms. The van der Waals surface area contributed by atoms with E-state index in [0.29, 0.717) is 49.8 Å². The number of nitrogens with zero attached hydrogens (tertiary/aromatic N) is 4. The summed E-state index contributed by atoms with van der Waals surface area (Å²) in [6.07, 6.45) is 1.08. The Labute approximate surface area is 192 Å². The zero-order valence-corrected chi connectivity index (χ0v) is 21.0. The highest BCUT2D eigenvalue weighted by Crippen LogP contribution is 2.23. The van der Waals surface area contributed by atoms with Crippen molar-refractivity contribution in [2.75, 3.05) is 26.2 Å². The molecule has 1 aliphatic rings. The van der Waals surface area contributed by atoms with Crippen LogP contribution < -0.4 is 0 Å². The van der Waals surface area contributed by atoms with Crippen molar-refractivity contribution in [3.05, 3.63) is 46.3 Å². The van der Waals surface area contributed by atoms with E-state index in [4.69, 9.17) is 0 Å². The van der Waals surface area contributed by atoms with Crippen molar-refractivity contribution in [1.82, 2.24) is 19.0 Å². The molecule has 0 radical (unpaired) electrons. The molecule has 1 saturated heterocycles. The number of benzene rings is 1. The third-order valence-electron chi connectivity index (χ3n) is 6.21. The lowest BCUT2D eigenvalue weighted by atomic mass is 10.1. The normalized spacial score (nSPS) is 15.5. The molecule has 176 valence electrons. The Morgan fingerprint density at radius 2 is 1.72 bits per heavy atom. The predicted octanol–water partition coefficient (Wildman–Crippen LogP) is 3.24. The molecule has 1 aliphatic heterocycles. The molecule has 1 amide bonds. The van der Waals surface area contributed by atoms with Crippen LogP contribution in [-0.4, -0.2) is 59.5 Å². The van der Waals surface area contributed by atoms with Gasteiger partial charge in [0.05, 0.1) is 10.6 Å². The van der Waals surface area contributed by atoms with Gasteiger partial charge in [-0.05, 0) is 62.8 Å². The zero-order valence-electron chi connectivity index (χ0n) is 20.2. The van der Waals surface area contributed by atoms with Crippen LogP contribution in [0.3, 0.4) is 0 Å². The summed E-state index contributed by atoms with van der Waals surface area (Å²) >= 11 is 0. The number of piperazine rings is 1. The van der Waals surface area contributed by atoms with E-state index in [2.05, 4.69) is 25.9 Å². The van der Waals surface area contributed by atoms with Gasteiger partial charge < -0.3 is 4.90 Å². The minimum Gasteiger partial charge on any atom is -0.340 e. The second-order valence-electron chi connectivity index (χ2n) is 9.28. The van der Waals surface area contributed by atoms with Crippen LogP contribution >= 0.6 is 0 Å². The molecule has 2 aromatic rings. The van der Waals surface area contributed by atoms with Gasteiger partial charge in [0.25, 0.3) is 0 Å². The predicted molar refractivity (Wildman–Crippen MR) is 126 cm³/mol. The van der Waals surface area contributed by atoms with Crippen LogP contribution in [0.4, 0.5) is 0 Å². The van der Waals surface area contributed by atoms with Crippen molar-refractivity contribution < 1.29 is 13.2 Å². The highest BCUT2D eigenvalue weighted by Gasteiger charge is 2.31. The molecular weight excluding hydrogens is 424 g/mol. The second kappa shape index (κ2) is 9.75. The second-order valence-corrected chi connectivity index (χ2v) is 11.2. The lowest BCUT2D eigenvalue weighted by molar-refractivity contribution is -0.132. The van der Waals surface area contributed by atoms with E-state index in [-0.39, 0.29) is 5.91 Å². The Morgan fingerprint density at radius 3 is 2.34 bits per heavy atom. The summed E-state index contributed by atoms with van der Waals surface area (Å²) in [5.41, 5.74) is 4.94. The van der Waals surface area contributed by atoms with Gasteiger partial charge in [-0.25, -0.2) is 8.42 Å². The molecule has 7 nitrogen and oxygen atoms in total. The summed E-state index contributed by atoms with van der Waals surface area (Å²) in [6.45, 7) is 14.5. The molecular formula is C24H36N4O3S. The number of amides is 1. The fraction of sp³-hybridized carbons (Fsp3) is 0.583. The van der Waals surface area contributed by atoms with E-state index in [1.165, 1.54) is 4.31 Å². The standard InChI is InChI=1S/C24H36N4O3S/c1-17(2)16-28-21(6)22(20(5)25-28)9-10-24(29)26-11-13-27(14-12-26)32(30,31)23-15-18(3)7-8-19(23)4/h7-8,15,17H,9-14,16H2,1-6H3. The highest BCUT2D eigenvalue weighted by molar-refractivity contribution is 7.89. The molecule has 0 atom stereocenters. The summed E-state index contributed by atoms with van der Waals surface area (Å²) in [6, 6.07) is 5.49. The summed E-state index contributed by atoms with van der Waals surface area (Å²) in [5, 5.41) is 4.64. The number of hydrogen-bond donors (Lipinski definition) is 0. The van der Waals surface area contributed by atoms with Crippen molar-refractivity contribution in [2.24, 2.45) is 5.92 Å². The fourth-order valence-electron chi connectivity index (χ4n) is 4.31. The number of aryl methyl sites for hydroxylation is 3. The van der Waals surface area contributed by atoms with E-state index >= 15 is 0 Å². The maximum absolute atomic E-state index is 13.1. The molecule has 0 bridgehead atoms. The smallest absolute Gasteiger partial charge is 0.243 e. The maximum Gasteiger partial charge on any atom is 0.243 e. The third kappa shape index (κ3) is 5.23. The van der Waals surface area contributed by atoms with Gasteiger partial charge in [0.1, 0.15) is 0 Å². The van der Waals surface area contributed by atoms with Crippen molar-refractivity contribution >= 4 is 15.9 Å². The lowest BCUT2D eigenvalue weighted by Gasteiger charge is -2.34. The molecule has 1 aromatic heterocycles. The van der Waals surface area contributed by atoms with Crippen LogP contribution in [0, 0.1) is 33.6 Å². The van der Waals surface area contributed by atoms with Gasteiger partial charge >= 0.3 is 0 Å². The highest BCUT2D eigenvalue weighted by atomic mass is 32.2. The zero-order chi connectivity index (χ0) is 23.6. The van der Waals surface area contributed by atoms with E-state index in [1.54, 1.807) is 11.0 Å². The fourth-order valence-corrected chi connectivity index (χ4v) is 6.04. The van der Waals surface area contributed by atoms with Crippen molar-refractivity contribution in [3.8, 4) is 0 Å². The first-order valence-electron chi connectivity index (χ1n) is 11.4. The number of rotatable bonds is 7. The SMILES string of the molecule is Cc1ccc(C)c(S(=O)(=O)N2CCN(C(=O)CCc3c(C)nn(CC(C)C)c3C)CC2)c1. The Balaban J connectivity index is 1.59. The molecule has 8 heteroatoms. The van der Waals surface area contributed by atoms with Crippen LogP contribution in [0.25, 0.3) is 0 Å². The molecule has 1 aromatic carbocycles. The first-order valence-corrected chi connectivity index (χ1v) is 12.8. The number of hydrogen-bond acceptors (Lipinski definition) is 4. The van der Waals surface area contributed by atoms with E-state index in [0.717, 1.165) is 34.6 Å². The summed E-state index contributed by atoms with van der Waals surface area (Å²) in [7, 11) is -3.55. The largest absolute Gasteiger partial charge is 0.340 e. The molecule has 2 heterocycles. The van der Waals surface area contributed by atoms with Crippen LogP contribution in [0.1, 0.15) is 48.3 Å². The average Bonchev–Trinajstić information content (AvgIpc) is 3.00.